The van der Waals surface area contributed by atoms with Gasteiger partial charge in [0.15, 0.2) is 0 Å². The highest BCUT2D eigenvalue weighted by molar-refractivity contribution is 5.94. The summed E-state index contributed by atoms with van der Waals surface area (Å²) in [6.07, 6.45) is 3.52. The first-order valence-corrected chi connectivity index (χ1v) is 9.97. The molecule has 0 bridgehead atoms. The summed E-state index contributed by atoms with van der Waals surface area (Å²) in [6, 6.07) is 7.37. The van der Waals surface area contributed by atoms with Gasteiger partial charge in [0.2, 0.25) is 0 Å². The lowest BCUT2D eigenvalue weighted by Gasteiger charge is -2.33. The topological polar surface area (TPSA) is 67.9 Å². The third kappa shape index (κ3) is 5.45. The molecule has 1 N–H and O–H groups in total. The average molecular weight is 374 g/mol. The Hall–Kier alpha value is -2.08. The smallest absolute Gasteiger partial charge is 0.251 e. The number of carbonyl (C=O) groups excluding carboxylic acids is 2. The Labute approximate surface area is 161 Å². The Bertz CT molecular complexity index is 630. The molecule has 2 saturated heterocycles. The van der Waals surface area contributed by atoms with E-state index >= 15 is 0 Å². The van der Waals surface area contributed by atoms with E-state index in [9.17, 15) is 9.59 Å². The van der Waals surface area contributed by atoms with Gasteiger partial charge < -0.3 is 19.7 Å². The highest BCUT2D eigenvalue weighted by atomic mass is 16.5. The minimum atomic E-state index is -0.218. The fourth-order valence-electron chi connectivity index (χ4n) is 3.56. The molecular formula is C21H30N2O4. The summed E-state index contributed by atoms with van der Waals surface area (Å²) in [4.78, 5) is 26.3. The van der Waals surface area contributed by atoms with Crippen molar-refractivity contribution in [3.8, 4) is 5.75 Å². The van der Waals surface area contributed by atoms with Gasteiger partial charge in [-0.1, -0.05) is 0 Å². The van der Waals surface area contributed by atoms with E-state index in [0.29, 0.717) is 24.7 Å². The van der Waals surface area contributed by atoms with Crippen molar-refractivity contribution in [2.45, 2.75) is 51.7 Å². The summed E-state index contributed by atoms with van der Waals surface area (Å²) in [5, 5.41) is 2.87. The van der Waals surface area contributed by atoms with Crippen LogP contribution in [-0.2, 0) is 9.53 Å². The number of rotatable bonds is 6. The van der Waals surface area contributed by atoms with Gasteiger partial charge in [-0.3, -0.25) is 9.59 Å². The second-order valence-electron chi connectivity index (χ2n) is 7.73. The van der Waals surface area contributed by atoms with Gasteiger partial charge in [-0.25, -0.2) is 0 Å². The largest absolute Gasteiger partial charge is 0.493 e. The molecular weight excluding hydrogens is 344 g/mol. The lowest BCUT2D eigenvalue weighted by atomic mass is 9.97. The second kappa shape index (κ2) is 9.22. The normalized spacial score (nSPS) is 20.7. The van der Waals surface area contributed by atoms with Crippen molar-refractivity contribution >= 4 is 11.8 Å². The SMILES string of the molecule is CC(C)NC(=O)c1ccc(OCC2CCN(C(=O)[C@H]3CCCO3)CC2)cc1. The molecule has 0 spiro atoms. The van der Waals surface area contributed by atoms with Crippen molar-refractivity contribution in [2.24, 2.45) is 5.92 Å². The molecule has 2 amide bonds. The second-order valence-corrected chi connectivity index (χ2v) is 7.73. The molecule has 2 aliphatic rings. The van der Waals surface area contributed by atoms with Crippen molar-refractivity contribution in [2.75, 3.05) is 26.3 Å². The van der Waals surface area contributed by atoms with Gasteiger partial charge in [-0.2, -0.15) is 0 Å². The fourth-order valence-corrected chi connectivity index (χ4v) is 3.56. The van der Waals surface area contributed by atoms with Crippen molar-refractivity contribution in [3.63, 3.8) is 0 Å². The number of piperidine rings is 1. The van der Waals surface area contributed by atoms with Gasteiger partial charge in [-0.15, -0.1) is 0 Å². The van der Waals surface area contributed by atoms with Gasteiger partial charge in [-0.05, 0) is 69.7 Å². The van der Waals surface area contributed by atoms with Crippen LogP contribution < -0.4 is 10.1 Å². The molecule has 2 heterocycles. The number of amides is 2. The summed E-state index contributed by atoms with van der Waals surface area (Å²) >= 11 is 0. The van der Waals surface area contributed by atoms with Crippen molar-refractivity contribution in [1.29, 1.82) is 0 Å². The van der Waals surface area contributed by atoms with Crippen molar-refractivity contribution < 1.29 is 19.1 Å². The molecule has 0 unspecified atom stereocenters. The number of ether oxygens (including phenoxy) is 2. The van der Waals surface area contributed by atoms with Crippen LogP contribution in [0.5, 0.6) is 5.75 Å². The maximum atomic E-state index is 12.4. The van der Waals surface area contributed by atoms with Crippen molar-refractivity contribution in [3.05, 3.63) is 29.8 Å². The zero-order chi connectivity index (χ0) is 19.2. The number of nitrogens with zero attached hydrogens (tertiary/aromatic N) is 1. The lowest BCUT2D eigenvalue weighted by molar-refractivity contribution is -0.142. The predicted octanol–water partition coefficient (Wildman–Crippen LogP) is 2.62. The molecule has 6 nitrogen and oxygen atoms in total. The maximum Gasteiger partial charge on any atom is 0.251 e. The molecule has 3 rings (SSSR count). The third-order valence-electron chi connectivity index (χ3n) is 5.15. The van der Waals surface area contributed by atoms with Crippen molar-refractivity contribution in [1.82, 2.24) is 10.2 Å². The summed E-state index contributed by atoms with van der Waals surface area (Å²) in [5.41, 5.74) is 0.636. The van der Waals surface area contributed by atoms with Crippen LogP contribution in [-0.4, -0.2) is 55.2 Å². The summed E-state index contributed by atoms with van der Waals surface area (Å²) in [7, 11) is 0. The third-order valence-corrected chi connectivity index (χ3v) is 5.15. The zero-order valence-corrected chi connectivity index (χ0v) is 16.3. The molecule has 1 aromatic carbocycles. The molecule has 0 aliphatic carbocycles. The zero-order valence-electron chi connectivity index (χ0n) is 16.3. The van der Waals surface area contributed by atoms with Gasteiger partial charge in [0.05, 0.1) is 6.61 Å². The lowest BCUT2D eigenvalue weighted by Crippen LogP contribution is -2.44. The van der Waals surface area contributed by atoms with Crippen LogP contribution in [0.4, 0.5) is 0 Å². The first kappa shape index (κ1) is 19.7. The minimum absolute atomic E-state index is 0.0696. The van der Waals surface area contributed by atoms with Crippen LogP contribution in [0.3, 0.4) is 0 Å². The number of likely N-dealkylation sites (tertiary alicyclic amines) is 1. The van der Waals surface area contributed by atoms with E-state index in [1.165, 1.54) is 0 Å². The molecule has 148 valence electrons. The average Bonchev–Trinajstić information content (AvgIpc) is 3.21. The summed E-state index contributed by atoms with van der Waals surface area (Å²) < 4.78 is 11.4. The Kier molecular flexibility index (Phi) is 6.72. The quantitative estimate of drug-likeness (QED) is 0.831. The highest BCUT2D eigenvalue weighted by Gasteiger charge is 2.30. The summed E-state index contributed by atoms with van der Waals surface area (Å²) in [5.74, 6) is 1.30. The van der Waals surface area contributed by atoms with E-state index in [1.54, 1.807) is 12.1 Å². The fraction of sp³-hybridized carbons (Fsp3) is 0.619. The Morgan fingerprint density at radius 1 is 1.19 bits per heavy atom. The van der Waals surface area contributed by atoms with Crippen LogP contribution in [0.15, 0.2) is 24.3 Å². The van der Waals surface area contributed by atoms with Crippen LogP contribution in [0, 0.1) is 5.92 Å². The van der Waals surface area contributed by atoms with Gasteiger partial charge in [0, 0.05) is 31.3 Å². The standard InChI is InChI=1S/C21H30N2O4/c1-15(2)22-20(24)17-5-7-18(8-6-17)27-14-16-9-11-23(12-10-16)21(25)19-4-3-13-26-19/h5-8,15-16,19H,3-4,9-14H2,1-2H3,(H,22,24)/t19-/m1/s1. The van der Waals surface area contributed by atoms with E-state index in [4.69, 9.17) is 9.47 Å². The number of hydrogen-bond acceptors (Lipinski definition) is 4. The molecule has 0 radical (unpaired) electrons. The van der Waals surface area contributed by atoms with Gasteiger partial charge >= 0.3 is 0 Å². The first-order valence-electron chi connectivity index (χ1n) is 9.97. The first-order chi connectivity index (χ1) is 13.0. The Balaban J connectivity index is 1.41. The molecule has 2 aliphatic heterocycles. The van der Waals surface area contributed by atoms with E-state index < -0.39 is 0 Å². The van der Waals surface area contributed by atoms with Crippen LogP contribution in [0.2, 0.25) is 0 Å². The van der Waals surface area contributed by atoms with Crippen LogP contribution >= 0.6 is 0 Å². The number of hydrogen-bond donors (Lipinski definition) is 1. The molecule has 0 saturated carbocycles. The van der Waals surface area contributed by atoms with E-state index in [0.717, 1.165) is 44.5 Å². The van der Waals surface area contributed by atoms with Crippen LogP contribution in [0.1, 0.15) is 49.9 Å². The monoisotopic (exact) mass is 374 g/mol. The molecule has 27 heavy (non-hydrogen) atoms. The maximum absolute atomic E-state index is 12.4. The molecule has 0 aromatic heterocycles. The van der Waals surface area contributed by atoms with Gasteiger partial charge in [0.1, 0.15) is 11.9 Å². The molecule has 1 aromatic rings. The molecule has 2 fully saturated rings. The molecule has 1 atom stereocenters. The number of nitrogens with one attached hydrogen (secondary N) is 1. The van der Waals surface area contributed by atoms with E-state index in [2.05, 4.69) is 5.32 Å². The van der Waals surface area contributed by atoms with E-state index in [-0.39, 0.29) is 24.0 Å². The van der Waals surface area contributed by atoms with Crippen LogP contribution in [0.25, 0.3) is 0 Å². The summed E-state index contributed by atoms with van der Waals surface area (Å²) in [6.45, 7) is 6.78. The highest BCUT2D eigenvalue weighted by Crippen LogP contribution is 2.22. The molecule has 6 heteroatoms. The Morgan fingerprint density at radius 3 is 2.48 bits per heavy atom. The number of carbonyl (C=O) groups is 2. The Morgan fingerprint density at radius 2 is 1.89 bits per heavy atom. The van der Waals surface area contributed by atoms with Gasteiger partial charge in [0.25, 0.3) is 11.8 Å². The number of benzene rings is 1. The predicted molar refractivity (Wildman–Crippen MR) is 103 cm³/mol. The van der Waals surface area contributed by atoms with E-state index in [1.807, 2.05) is 30.9 Å². The minimum Gasteiger partial charge on any atom is -0.493 e.